The zero-order valence-electron chi connectivity index (χ0n) is 41.3. The number of fused-ring (bicyclic) bond motifs is 2. The predicted molar refractivity (Wildman–Crippen MR) is 263 cm³/mol. The maximum atomic E-state index is 14.8. The number of hydrogen-bond donors (Lipinski definition) is 3. The second-order valence-electron chi connectivity index (χ2n) is 19.0. The minimum Gasteiger partial charge on any atom is -0.505 e. The monoisotopic (exact) mass is 945 g/mol. The average Bonchev–Trinajstić information content (AvgIpc) is 3.58. The molecule has 0 saturated carbocycles. The van der Waals surface area contributed by atoms with Crippen LogP contribution in [0.15, 0.2) is 87.8 Å². The molecule has 0 saturated heterocycles. The van der Waals surface area contributed by atoms with E-state index in [2.05, 4.69) is 10.2 Å². The summed E-state index contributed by atoms with van der Waals surface area (Å²) in [5.74, 6) is -5.56. The highest BCUT2D eigenvalue weighted by Crippen LogP contribution is 2.48. The van der Waals surface area contributed by atoms with Crippen molar-refractivity contribution in [3.63, 3.8) is 0 Å². The number of nitrogens with one attached hydrogen (secondary N) is 1. The molecular weight excluding hydrogens is 883 g/mol. The average molecular weight is 946 g/mol. The molecule has 0 unspecified atom stereocenters. The highest BCUT2D eigenvalue weighted by Gasteiger charge is 2.49. The Bertz CT molecular complexity index is 2970. The first-order valence-electron chi connectivity index (χ1n) is 23.2. The van der Waals surface area contributed by atoms with Gasteiger partial charge in [-0.1, -0.05) is 77.1 Å². The zero-order chi connectivity index (χ0) is 50.2. The number of hydrogen-bond acceptors (Lipinski definition) is 14. The van der Waals surface area contributed by atoms with Crippen molar-refractivity contribution in [2.45, 2.75) is 99.6 Å². The smallest absolute Gasteiger partial charge is 0.312 e. The Morgan fingerprint density at radius 1 is 0.942 bits per heavy atom. The number of allylic oxidation sites excluding steroid dienone is 2. The summed E-state index contributed by atoms with van der Waals surface area (Å²) in [5, 5.41) is 26.2. The number of aliphatic hydroxyl groups is 1. The fraction of sp³-hybridized carbons (Fsp3) is 0.426. The molecule has 7 rings (SSSR count). The van der Waals surface area contributed by atoms with Crippen LogP contribution in [0.3, 0.4) is 0 Å². The summed E-state index contributed by atoms with van der Waals surface area (Å²) in [6, 6.07) is 13.0. The van der Waals surface area contributed by atoms with Gasteiger partial charge in [-0.3, -0.25) is 19.2 Å². The fourth-order valence-electron chi connectivity index (χ4n) is 9.44. The lowest BCUT2D eigenvalue weighted by Crippen LogP contribution is -2.43. The van der Waals surface area contributed by atoms with Gasteiger partial charge in [0.25, 0.3) is 11.7 Å². The van der Waals surface area contributed by atoms with Gasteiger partial charge in [-0.05, 0) is 75.0 Å². The Hall–Kier alpha value is -6.55. The van der Waals surface area contributed by atoms with E-state index in [-0.39, 0.29) is 85.9 Å². The first kappa shape index (κ1) is 50.3. The van der Waals surface area contributed by atoms with Gasteiger partial charge in [-0.25, -0.2) is 4.98 Å². The van der Waals surface area contributed by atoms with Gasteiger partial charge in [-0.2, -0.15) is 0 Å². The number of methoxy groups -OCH3 is 1. The number of anilines is 1. The molecule has 366 valence electrons. The number of rotatable bonds is 7. The van der Waals surface area contributed by atoms with E-state index in [1.807, 2.05) is 73.0 Å². The second kappa shape index (κ2) is 20.2. The minimum atomic E-state index is -2.02. The molecule has 0 fully saturated rings. The molecule has 0 aliphatic carbocycles. The van der Waals surface area contributed by atoms with Crippen LogP contribution in [0.4, 0.5) is 5.69 Å². The van der Waals surface area contributed by atoms with Crippen LogP contribution in [0.1, 0.15) is 82.4 Å². The topological polar surface area (TPSA) is 196 Å². The van der Waals surface area contributed by atoms with Gasteiger partial charge >= 0.3 is 11.8 Å². The number of carbonyl (C=O) groups is 3. The maximum absolute atomic E-state index is 14.8. The number of ketones is 1. The standard InChI is InChI=1S/C54H63N3O12/c1-27-16-15-17-28(2)53(63)56-45-48(61)42-41(44-51(45)68-40-24-37(20-21-38(40)55-44)65-26-36-19-14-13-18-35(36)25-57(10)11)43-50(33(7)47(42)60)69-54(9,52(43)62)66-23-22-39(64-12)32(6)49(67-34(8)58)31(5)29(3)30(4)46(27)59/h13-24,27,29-32,39,46,49,59,61H,25-26H2,1-12H3,(H,56,63)/b16-15+,23-22+,28-17-/t27-,29+,30-,31+,32+,39-,46-,49-,54-/m0/s1. The highest BCUT2D eigenvalue weighted by atomic mass is 16.7. The van der Waals surface area contributed by atoms with Crippen molar-refractivity contribution < 1.29 is 52.7 Å². The lowest BCUT2D eigenvalue weighted by Gasteiger charge is -2.39. The third-order valence-electron chi connectivity index (χ3n) is 13.9. The number of amides is 1. The summed E-state index contributed by atoms with van der Waals surface area (Å²) >= 11 is 0. The van der Waals surface area contributed by atoms with E-state index in [4.69, 9.17) is 33.1 Å². The molecule has 15 heteroatoms. The van der Waals surface area contributed by atoms with Crippen LogP contribution < -0.4 is 20.2 Å². The lowest BCUT2D eigenvalue weighted by molar-refractivity contribution is -0.157. The molecule has 2 aliphatic heterocycles. The molecule has 3 N–H and O–H groups in total. The molecule has 3 heterocycles. The van der Waals surface area contributed by atoms with Gasteiger partial charge in [0, 0.05) is 61.9 Å². The van der Waals surface area contributed by atoms with E-state index in [1.54, 1.807) is 49.4 Å². The van der Waals surface area contributed by atoms with Gasteiger partial charge in [0.05, 0.1) is 29.4 Å². The Balaban J connectivity index is 1.40. The second-order valence-corrected chi connectivity index (χ2v) is 19.0. The van der Waals surface area contributed by atoms with Gasteiger partial charge < -0.3 is 48.5 Å². The van der Waals surface area contributed by atoms with Crippen LogP contribution in [0.25, 0.3) is 33.0 Å². The largest absolute Gasteiger partial charge is 0.505 e. The van der Waals surface area contributed by atoms with Crippen molar-refractivity contribution in [2.75, 3.05) is 26.5 Å². The number of ether oxygens (including phenoxy) is 5. The van der Waals surface area contributed by atoms with Crippen LogP contribution in [0, 0.1) is 36.5 Å². The summed E-state index contributed by atoms with van der Waals surface area (Å²) in [4.78, 5) is 62.9. The van der Waals surface area contributed by atoms with Gasteiger partial charge in [0.15, 0.2) is 22.3 Å². The molecule has 4 aromatic carbocycles. The van der Waals surface area contributed by atoms with Gasteiger partial charge in [-0.15, -0.1) is 0 Å². The zero-order valence-corrected chi connectivity index (χ0v) is 41.3. The number of Topliss-reactive ketones (excluding diaryl/α,β-unsaturated/α-hetero) is 1. The molecule has 1 amide bonds. The van der Waals surface area contributed by atoms with Crippen LogP contribution in [0.2, 0.25) is 0 Å². The summed E-state index contributed by atoms with van der Waals surface area (Å²) in [6.45, 7) is 16.4. The number of benzene rings is 4. The number of aromatic hydroxyl groups is 1. The van der Waals surface area contributed by atoms with Crippen molar-refractivity contribution >= 4 is 56.3 Å². The molecule has 0 spiro atoms. The third-order valence-corrected chi connectivity index (χ3v) is 13.9. The molecule has 69 heavy (non-hydrogen) atoms. The van der Waals surface area contributed by atoms with Crippen LogP contribution in [-0.4, -0.2) is 83.1 Å². The van der Waals surface area contributed by atoms with Crippen molar-refractivity contribution in [1.29, 1.82) is 0 Å². The minimum absolute atomic E-state index is 0.00810. The van der Waals surface area contributed by atoms with E-state index >= 15 is 0 Å². The molecule has 1 aromatic heterocycles. The van der Waals surface area contributed by atoms with Crippen LogP contribution in [-0.2, 0) is 37.0 Å². The maximum Gasteiger partial charge on any atom is 0.312 e. The molecule has 2 aliphatic rings. The molecular formula is C54H63N3O12. The number of esters is 1. The van der Waals surface area contributed by atoms with E-state index < -0.39 is 58.9 Å². The lowest BCUT2D eigenvalue weighted by atomic mass is 9.73. The number of aromatic nitrogens is 1. The van der Waals surface area contributed by atoms with E-state index in [1.165, 1.54) is 34.1 Å². The van der Waals surface area contributed by atoms with Crippen molar-refractivity contribution in [2.24, 2.45) is 29.6 Å². The summed E-state index contributed by atoms with van der Waals surface area (Å²) in [7, 11) is 5.49. The first-order chi connectivity index (χ1) is 32.7. The fourth-order valence-corrected chi connectivity index (χ4v) is 9.44. The molecule has 4 bridgehead atoms. The number of carbonyl (C=O) groups excluding carboxylic acids is 3. The van der Waals surface area contributed by atoms with E-state index in [9.17, 15) is 29.4 Å². The molecule has 15 nitrogen and oxygen atoms in total. The van der Waals surface area contributed by atoms with E-state index in [0.29, 0.717) is 11.3 Å². The quantitative estimate of drug-likeness (QED) is 0.0605. The normalized spacial score (nSPS) is 27.5. The number of phenols is 1. The Morgan fingerprint density at radius 3 is 2.33 bits per heavy atom. The Labute approximate surface area is 401 Å². The number of aliphatic hydroxyl groups excluding tert-OH is 1. The summed E-state index contributed by atoms with van der Waals surface area (Å²) < 4.78 is 37.1. The first-order valence-corrected chi connectivity index (χ1v) is 23.2. The summed E-state index contributed by atoms with van der Waals surface area (Å²) in [5.41, 5.74) is 1.71. The van der Waals surface area contributed by atoms with Crippen molar-refractivity contribution in [3.8, 4) is 17.2 Å². The van der Waals surface area contributed by atoms with Crippen LogP contribution >= 0.6 is 0 Å². The highest BCUT2D eigenvalue weighted by molar-refractivity contribution is 6.26. The van der Waals surface area contributed by atoms with E-state index in [0.717, 1.165) is 17.7 Å². The van der Waals surface area contributed by atoms with Gasteiger partial charge in [0.2, 0.25) is 0 Å². The molecule has 5 aromatic rings. The number of phenolic OH excluding ortho intramolecular Hbond substituents is 1. The predicted octanol–water partition coefficient (Wildman–Crippen LogP) is 8.91. The van der Waals surface area contributed by atoms with Crippen molar-refractivity contribution in [1.82, 2.24) is 9.88 Å². The Morgan fingerprint density at radius 2 is 1.65 bits per heavy atom. The number of nitrogens with zero attached hydrogens (tertiary/aromatic N) is 2. The summed E-state index contributed by atoms with van der Waals surface area (Å²) in [6.07, 6.45) is 5.74. The SMILES string of the molecule is CO[C@H]1/C=C/O[C@@]2(C)Oc3c(C)c(=O)c4c(O)c(c5oc6cc(OCc7ccccc7CN(C)C)ccc6nc5c4c3C2=O)NC(=O)/C(C)=C\C=C\[C@H](C)[C@H](O)[C@@H](C)[C@@H](C)[C@@H](C)[C@H](OC(C)=O)[C@@H]1C. The third kappa shape index (κ3) is 9.86. The molecule has 0 radical (unpaired) electrons. The van der Waals surface area contributed by atoms with Gasteiger partial charge in [0.1, 0.15) is 40.9 Å². The van der Waals surface area contributed by atoms with Crippen LogP contribution in [0.5, 0.6) is 17.2 Å². The molecule has 9 atom stereocenters. The Kier molecular flexibility index (Phi) is 14.7. The van der Waals surface area contributed by atoms with Crippen molar-refractivity contribution in [3.05, 3.63) is 111 Å².